The van der Waals surface area contributed by atoms with E-state index in [4.69, 9.17) is 0 Å². The molecule has 0 aromatic heterocycles. The zero-order valence-corrected chi connectivity index (χ0v) is 13.0. The maximum Gasteiger partial charge on any atom is 0.308 e. The molecule has 0 saturated heterocycles. The summed E-state index contributed by atoms with van der Waals surface area (Å²) in [5.41, 5.74) is -0.0876. The second-order valence-corrected chi connectivity index (χ2v) is 6.67. The summed E-state index contributed by atoms with van der Waals surface area (Å²) in [5, 5.41) is 15.6. The van der Waals surface area contributed by atoms with E-state index in [1.54, 1.807) is 0 Å². The Morgan fingerprint density at radius 3 is 2.38 bits per heavy atom. The van der Waals surface area contributed by atoms with Crippen molar-refractivity contribution in [2.45, 2.75) is 75.8 Å². The van der Waals surface area contributed by atoms with Gasteiger partial charge in [0.2, 0.25) is 5.91 Å². The molecule has 0 aromatic carbocycles. The summed E-state index contributed by atoms with van der Waals surface area (Å²) in [5.74, 6) is -1.19. The number of hydrogen-bond donors (Lipinski definition) is 3. The molecule has 21 heavy (non-hydrogen) atoms. The number of carbonyl (C=O) groups excluding carboxylic acids is 1. The molecular formula is C16H28N2O3. The standard InChI is InChI=1S/C16H28N2O3/c1-17-16(9-5-2-6-10-16)11-14(19)18-13-8-4-3-7-12(13)15(20)21/h12-13,17H,2-11H2,1H3,(H,18,19)(H,20,21). The highest BCUT2D eigenvalue weighted by Crippen LogP contribution is 2.31. The number of rotatable bonds is 5. The van der Waals surface area contributed by atoms with Gasteiger partial charge in [-0.15, -0.1) is 0 Å². The summed E-state index contributed by atoms with van der Waals surface area (Å²) in [7, 11) is 1.93. The van der Waals surface area contributed by atoms with Crippen LogP contribution in [0.2, 0.25) is 0 Å². The normalized spacial score (nSPS) is 28.8. The Morgan fingerprint density at radius 1 is 1.10 bits per heavy atom. The summed E-state index contributed by atoms with van der Waals surface area (Å²) in [6, 6.07) is -0.193. The summed E-state index contributed by atoms with van der Waals surface area (Å²) < 4.78 is 0. The zero-order valence-electron chi connectivity index (χ0n) is 13.0. The van der Waals surface area contributed by atoms with E-state index in [9.17, 15) is 14.7 Å². The van der Waals surface area contributed by atoms with E-state index >= 15 is 0 Å². The van der Waals surface area contributed by atoms with Crippen LogP contribution in [0.5, 0.6) is 0 Å². The van der Waals surface area contributed by atoms with Gasteiger partial charge in [0.25, 0.3) is 0 Å². The molecule has 0 aromatic rings. The van der Waals surface area contributed by atoms with Gasteiger partial charge in [0, 0.05) is 18.0 Å². The molecule has 5 heteroatoms. The molecule has 2 aliphatic rings. The van der Waals surface area contributed by atoms with E-state index < -0.39 is 11.9 Å². The van der Waals surface area contributed by atoms with Crippen molar-refractivity contribution in [3.05, 3.63) is 0 Å². The van der Waals surface area contributed by atoms with Crippen molar-refractivity contribution >= 4 is 11.9 Å². The average Bonchev–Trinajstić information content (AvgIpc) is 2.48. The first-order valence-electron chi connectivity index (χ1n) is 8.27. The highest BCUT2D eigenvalue weighted by molar-refractivity contribution is 5.79. The fourth-order valence-corrected chi connectivity index (χ4v) is 3.91. The smallest absolute Gasteiger partial charge is 0.308 e. The van der Waals surface area contributed by atoms with Gasteiger partial charge in [0.15, 0.2) is 0 Å². The first-order valence-corrected chi connectivity index (χ1v) is 8.27. The van der Waals surface area contributed by atoms with Crippen molar-refractivity contribution < 1.29 is 14.7 Å². The van der Waals surface area contributed by atoms with Gasteiger partial charge in [-0.2, -0.15) is 0 Å². The van der Waals surface area contributed by atoms with E-state index in [1.165, 1.54) is 6.42 Å². The lowest BCUT2D eigenvalue weighted by atomic mass is 9.78. The van der Waals surface area contributed by atoms with Crippen LogP contribution in [0.3, 0.4) is 0 Å². The van der Waals surface area contributed by atoms with E-state index in [0.717, 1.165) is 44.9 Å². The molecule has 1 amide bonds. The van der Waals surface area contributed by atoms with Gasteiger partial charge in [-0.3, -0.25) is 9.59 Å². The maximum absolute atomic E-state index is 12.4. The Morgan fingerprint density at radius 2 is 1.76 bits per heavy atom. The highest BCUT2D eigenvalue weighted by atomic mass is 16.4. The highest BCUT2D eigenvalue weighted by Gasteiger charge is 2.36. The Labute approximate surface area is 126 Å². The van der Waals surface area contributed by atoms with Crippen LogP contribution in [-0.4, -0.2) is 35.6 Å². The summed E-state index contributed by atoms with van der Waals surface area (Å²) in [4.78, 5) is 23.7. The fraction of sp³-hybridized carbons (Fsp3) is 0.875. The monoisotopic (exact) mass is 296 g/mol. The van der Waals surface area contributed by atoms with Crippen molar-refractivity contribution in [1.82, 2.24) is 10.6 Å². The Hall–Kier alpha value is -1.10. The summed E-state index contributed by atoms with van der Waals surface area (Å²) in [6.07, 6.45) is 9.52. The third-order valence-electron chi connectivity index (χ3n) is 5.27. The molecule has 3 N–H and O–H groups in total. The van der Waals surface area contributed by atoms with Crippen molar-refractivity contribution in [3.63, 3.8) is 0 Å². The maximum atomic E-state index is 12.4. The van der Waals surface area contributed by atoms with Crippen LogP contribution >= 0.6 is 0 Å². The van der Waals surface area contributed by atoms with Crippen LogP contribution in [0.15, 0.2) is 0 Å². The third kappa shape index (κ3) is 4.19. The molecule has 2 unspecified atom stereocenters. The molecule has 0 bridgehead atoms. The van der Waals surface area contributed by atoms with Crippen LogP contribution in [0.4, 0.5) is 0 Å². The molecule has 0 spiro atoms. The molecular weight excluding hydrogens is 268 g/mol. The topological polar surface area (TPSA) is 78.4 Å². The lowest BCUT2D eigenvalue weighted by Gasteiger charge is -2.37. The predicted octanol–water partition coefficient (Wildman–Crippen LogP) is 2.06. The van der Waals surface area contributed by atoms with Gasteiger partial charge in [-0.1, -0.05) is 32.1 Å². The van der Waals surface area contributed by atoms with Crippen LogP contribution in [0, 0.1) is 5.92 Å². The minimum atomic E-state index is -0.777. The van der Waals surface area contributed by atoms with Gasteiger partial charge in [0.05, 0.1) is 5.92 Å². The summed E-state index contributed by atoms with van der Waals surface area (Å²) >= 11 is 0. The summed E-state index contributed by atoms with van der Waals surface area (Å²) in [6.45, 7) is 0. The zero-order chi connectivity index (χ0) is 15.3. The second-order valence-electron chi connectivity index (χ2n) is 6.67. The lowest BCUT2D eigenvalue weighted by Crippen LogP contribution is -2.51. The SMILES string of the molecule is CNC1(CC(=O)NC2CCCCC2C(=O)O)CCCCC1. The molecule has 5 nitrogen and oxygen atoms in total. The number of carbonyl (C=O) groups is 2. The molecule has 2 fully saturated rings. The van der Waals surface area contributed by atoms with Crippen molar-refractivity contribution in [2.24, 2.45) is 5.92 Å². The van der Waals surface area contributed by atoms with Gasteiger partial charge in [-0.25, -0.2) is 0 Å². The van der Waals surface area contributed by atoms with Gasteiger partial charge in [-0.05, 0) is 32.7 Å². The molecule has 0 heterocycles. The Kier molecular flexibility index (Phi) is 5.62. The minimum absolute atomic E-state index is 0.00407. The minimum Gasteiger partial charge on any atom is -0.481 e. The molecule has 0 aliphatic heterocycles. The van der Waals surface area contributed by atoms with Crippen LogP contribution in [0.1, 0.15) is 64.2 Å². The van der Waals surface area contributed by atoms with E-state index in [-0.39, 0.29) is 17.5 Å². The first kappa shape index (κ1) is 16.3. The van der Waals surface area contributed by atoms with Gasteiger partial charge in [0.1, 0.15) is 0 Å². The van der Waals surface area contributed by atoms with E-state index in [1.807, 2.05) is 7.05 Å². The lowest BCUT2D eigenvalue weighted by molar-refractivity contribution is -0.144. The number of carboxylic acid groups (broad SMARTS) is 1. The Balaban J connectivity index is 1.91. The molecule has 2 atom stereocenters. The van der Waals surface area contributed by atoms with Gasteiger partial charge < -0.3 is 15.7 Å². The van der Waals surface area contributed by atoms with E-state index in [0.29, 0.717) is 12.8 Å². The third-order valence-corrected chi connectivity index (χ3v) is 5.27. The molecule has 2 rings (SSSR count). The predicted molar refractivity (Wildman–Crippen MR) is 81.0 cm³/mol. The van der Waals surface area contributed by atoms with Gasteiger partial charge >= 0.3 is 5.97 Å². The fourth-order valence-electron chi connectivity index (χ4n) is 3.91. The first-order chi connectivity index (χ1) is 10.1. The van der Waals surface area contributed by atoms with E-state index in [2.05, 4.69) is 10.6 Å². The van der Waals surface area contributed by atoms with Crippen LogP contribution in [0.25, 0.3) is 0 Å². The molecule has 2 saturated carbocycles. The Bertz CT molecular complexity index is 378. The van der Waals surface area contributed by atoms with Crippen LogP contribution < -0.4 is 10.6 Å². The quantitative estimate of drug-likeness (QED) is 0.725. The number of aliphatic carboxylic acids is 1. The number of hydrogen-bond acceptors (Lipinski definition) is 3. The molecule has 2 aliphatic carbocycles. The van der Waals surface area contributed by atoms with Crippen LogP contribution in [-0.2, 0) is 9.59 Å². The number of nitrogens with one attached hydrogen (secondary N) is 2. The average molecular weight is 296 g/mol. The largest absolute Gasteiger partial charge is 0.481 e. The van der Waals surface area contributed by atoms with Crippen molar-refractivity contribution in [1.29, 1.82) is 0 Å². The van der Waals surface area contributed by atoms with Crippen molar-refractivity contribution in [3.8, 4) is 0 Å². The van der Waals surface area contributed by atoms with Crippen molar-refractivity contribution in [2.75, 3.05) is 7.05 Å². The second kappa shape index (κ2) is 7.25. The number of carboxylic acids is 1. The number of amides is 1. The molecule has 0 radical (unpaired) electrons. The molecule has 120 valence electrons.